The minimum absolute atomic E-state index is 0.245. The molecule has 0 spiro atoms. The van der Waals surface area contributed by atoms with Crippen molar-refractivity contribution in [1.82, 2.24) is 5.32 Å². The highest BCUT2D eigenvalue weighted by Gasteiger charge is 2.35. The minimum Gasteiger partial charge on any atom is -0.480 e. The number of carbonyl (C=O) groups is 2. The van der Waals surface area contributed by atoms with Crippen molar-refractivity contribution in [2.75, 3.05) is 0 Å². The maximum atomic E-state index is 11.2. The van der Waals surface area contributed by atoms with Crippen LogP contribution in [0.2, 0.25) is 0 Å². The number of primary amides is 1. The van der Waals surface area contributed by atoms with Gasteiger partial charge >= 0.3 is 12.0 Å². The van der Waals surface area contributed by atoms with Crippen LogP contribution in [-0.2, 0) is 4.79 Å². The molecule has 0 aromatic rings. The number of carboxylic acid groups (broad SMARTS) is 1. The topological polar surface area (TPSA) is 92.4 Å². The van der Waals surface area contributed by atoms with Gasteiger partial charge in [0.25, 0.3) is 0 Å². The van der Waals surface area contributed by atoms with Crippen LogP contribution in [-0.4, -0.2) is 22.6 Å². The first kappa shape index (κ1) is 15.7. The van der Waals surface area contributed by atoms with Crippen molar-refractivity contribution in [2.24, 2.45) is 11.7 Å². The smallest absolute Gasteiger partial charge is 0.329 e. The maximum Gasteiger partial charge on any atom is 0.329 e. The van der Waals surface area contributed by atoms with E-state index in [1.807, 2.05) is 6.92 Å². The van der Waals surface area contributed by atoms with Crippen molar-refractivity contribution in [3.8, 4) is 0 Å². The van der Waals surface area contributed by atoms with Crippen LogP contribution in [0.5, 0.6) is 0 Å². The Kier molecular flexibility index (Phi) is 6.61. The largest absolute Gasteiger partial charge is 0.480 e. The Morgan fingerprint density at radius 1 is 1.41 bits per heavy atom. The molecule has 17 heavy (non-hydrogen) atoms. The molecule has 0 aliphatic carbocycles. The predicted octanol–water partition coefficient (Wildman–Crippen LogP) is 2.10. The van der Waals surface area contributed by atoms with E-state index in [-0.39, 0.29) is 5.92 Å². The quantitative estimate of drug-likeness (QED) is 0.571. The lowest BCUT2D eigenvalue weighted by Crippen LogP contribution is -2.54. The summed E-state index contributed by atoms with van der Waals surface area (Å²) in [6, 6.07) is -0.796. The molecule has 0 fully saturated rings. The van der Waals surface area contributed by atoms with Crippen molar-refractivity contribution in [2.45, 2.75) is 58.4 Å². The SMILES string of the molecule is CCCCCC(C)CC(C)(NC(N)=O)C(=O)O. The highest BCUT2D eigenvalue weighted by atomic mass is 16.4. The van der Waals surface area contributed by atoms with Crippen molar-refractivity contribution >= 4 is 12.0 Å². The molecule has 4 N–H and O–H groups in total. The normalized spacial score (nSPS) is 15.9. The Morgan fingerprint density at radius 2 is 2.00 bits per heavy atom. The van der Waals surface area contributed by atoms with Gasteiger partial charge in [-0.25, -0.2) is 9.59 Å². The molecule has 0 bridgehead atoms. The number of rotatable bonds is 8. The van der Waals surface area contributed by atoms with E-state index in [1.54, 1.807) is 0 Å². The number of amides is 2. The van der Waals surface area contributed by atoms with Crippen LogP contribution in [0.1, 0.15) is 52.9 Å². The van der Waals surface area contributed by atoms with Gasteiger partial charge in [-0.2, -0.15) is 0 Å². The van der Waals surface area contributed by atoms with Crippen molar-refractivity contribution in [1.29, 1.82) is 0 Å². The molecule has 2 amide bonds. The van der Waals surface area contributed by atoms with Gasteiger partial charge in [-0.3, -0.25) is 0 Å². The summed E-state index contributed by atoms with van der Waals surface area (Å²) in [7, 11) is 0. The fourth-order valence-electron chi connectivity index (χ4n) is 2.01. The van der Waals surface area contributed by atoms with Gasteiger partial charge in [0, 0.05) is 0 Å². The Hall–Kier alpha value is -1.26. The summed E-state index contributed by atoms with van der Waals surface area (Å²) in [6.45, 7) is 5.62. The molecular weight excluding hydrogens is 220 g/mol. The molecule has 0 aromatic heterocycles. The van der Waals surface area contributed by atoms with Crippen LogP contribution < -0.4 is 11.1 Å². The van der Waals surface area contributed by atoms with Crippen LogP contribution in [0.3, 0.4) is 0 Å². The van der Waals surface area contributed by atoms with E-state index in [2.05, 4.69) is 12.2 Å². The van der Waals surface area contributed by atoms with Crippen LogP contribution >= 0.6 is 0 Å². The molecule has 0 heterocycles. The van der Waals surface area contributed by atoms with Gasteiger partial charge in [0.1, 0.15) is 5.54 Å². The third-order valence-electron chi connectivity index (χ3n) is 2.93. The Balaban J connectivity index is 4.33. The molecule has 2 atom stereocenters. The van der Waals surface area contributed by atoms with Crippen LogP contribution in [0.15, 0.2) is 0 Å². The summed E-state index contributed by atoms with van der Waals surface area (Å²) in [5.74, 6) is -0.798. The molecule has 0 saturated heterocycles. The molecule has 0 aliphatic rings. The number of nitrogens with one attached hydrogen (secondary N) is 1. The Bertz CT molecular complexity index is 268. The van der Waals surface area contributed by atoms with E-state index in [0.29, 0.717) is 6.42 Å². The van der Waals surface area contributed by atoms with E-state index >= 15 is 0 Å². The van der Waals surface area contributed by atoms with Gasteiger partial charge in [0.2, 0.25) is 0 Å². The van der Waals surface area contributed by atoms with Gasteiger partial charge < -0.3 is 16.2 Å². The first-order chi connectivity index (χ1) is 7.81. The number of aliphatic carboxylic acids is 1. The zero-order valence-electron chi connectivity index (χ0n) is 11.0. The van der Waals surface area contributed by atoms with Crippen LogP contribution in [0.25, 0.3) is 0 Å². The lowest BCUT2D eigenvalue weighted by molar-refractivity contribution is -0.144. The fraction of sp³-hybridized carbons (Fsp3) is 0.833. The van der Waals surface area contributed by atoms with E-state index in [0.717, 1.165) is 25.7 Å². The molecular formula is C12H24N2O3. The molecule has 100 valence electrons. The molecule has 2 unspecified atom stereocenters. The third-order valence-corrected chi connectivity index (χ3v) is 2.93. The summed E-state index contributed by atoms with van der Waals surface area (Å²) in [6.07, 6.45) is 4.75. The molecule has 0 aromatic carbocycles. The second-order valence-corrected chi connectivity index (χ2v) is 4.93. The molecule has 0 aliphatic heterocycles. The Morgan fingerprint density at radius 3 is 2.41 bits per heavy atom. The van der Waals surface area contributed by atoms with E-state index < -0.39 is 17.5 Å². The fourth-order valence-corrected chi connectivity index (χ4v) is 2.01. The summed E-state index contributed by atoms with van der Waals surface area (Å²) in [4.78, 5) is 22.0. The molecule has 5 nitrogen and oxygen atoms in total. The number of hydrogen-bond donors (Lipinski definition) is 3. The highest BCUT2D eigenvalue weighted by Crippen LogP contribution is 2.21. The number of nitrogens with two attached hydrogens (primary N) is 1. The zero-order valence-corrected chi connectivity index (χ0v) is 11.0. The number of carbonyl (C=O) groups excluding carboxylic acids is 1. The number of hydrogen-bond acceptors (Lipinski definition) is 2. The van der Waals surface area contributed by atoms with Gasteiger partial charge in [-0.15, -0.1) is 0 Å². The monoisotopic (exact) mass is 244 g/mol. The standard InChI is InChI=1S/C12H24N2O3/c1-4-5-6-7-9(2)8-12(3,10(15)16)14-11(13)17/h9H,4-8H2,1-3H3,(H,15,16)(H3,13,14,17). The third kappa shape index (κ3) is 6.14. The lowest BCUT2D eigenvalue weighted by Gasteiger charge is -2.28. The van der Waals surface area contributed by atoms with E-state index in [4.69, 9.17) is 10.8 Å². The number of unbranched alkanes of at least 4 members (excludes halogenated alkanes) is 2. The number of carboxylic acids is 1. The summed E-state index contributed by atoms with van der Waals surface area (Å²) >= 11 is 0. The summed E-state index contributed by atoms with van der Waals surface area (Å²) < 4.78 is 0. The maximum absolute atomic E-state index is 11.2. The van der Waals surface area contributed by atoms with Gasteiger partial charge in [0.05, 0.1) is 0 Å². The molecule has 0 saturated carbocycles. The van der Waals surface area contributed by atoms with Crippen molar-refractivity contribution < 1.29 is 14.7 Å². The van der Waals surface area contributed by atoms with E-state index in [1.165, 1.54) is 6.92 Å². The zero-order chi connectivity index (χ0) is 13.5. The highest BCUT2D eigenvalue weighted by molar-refractivity contribution is 5.85. The lowest BCUT2D eigenvalue weighted by atomic mass is 9.87. The van der Waals surface area contributed by atoms with Crippen LogP contribution in [0, 0.1) is 5.92 Å². The van der Waals surface area contributed by atoms with Gasteiger partial charge in [0.15, 0.2) is 0 Å². The first-order valence-electron chi connectivity index (χ1n) is 6.13. The minimum atomic E-state index is -1.27. The predicted molar refractivity (Wildman–Crippen MR) is 66.7 cm³/mol. The average molecular weight is 244 g/mol. The second-order valence-electron chi connectivity index (χ2n) is 4.93. The van der Waals surface area contributed by atoms with Gasteiger partial charge in [-0.1, -0.05) is 39.5 Å². The molecule has 0 radical (unpaired) electrons. The Labute approximate surface area is 103 Å². The second kappa shape index (κ2) is 7.14. The van der Waals surface area contributed by atoms with Crippen LogP contribution in [0.4, 0.5) is 4.79 Å². The summed E-state index contributed by atoms with van der Waals surface area (Å²) in [5, 5.41) is 11.4. The van der Waals surface area contributed by atoms with Gasteiger partial charge in [-0.05, 0) is 19.3 Å². The first-order valence-corrected chi connectivity index (χ1v) is 6.13. The average Bonchev–Trinajstić information content (AvgIpc) is 2.16. The molecule has 5 heteroatoms. The van der Waals surface area contributed by atoms with E-state index in [9.17, 15) is 9.59 Å². The summed E-state index contributed by atoms with van der Waals surface area (Å²) in [5.41, 5.74) is 3.73. The van der Waals surface area contributed by atoms with Crippen molar-refractivity contribution in [3.05, 3.63) is 0 Å². The van der Waals surface area contributed by atoms with Crippen molar-refractivity contribution in [3.63, 3.8) is 0 Å². The number of urea groups is 1. The molecule has 0 rings (SSSR count).